The van der Waals surface area contributed by atoms with Gasteiger partial charge in [0.15, 0.2) is 0 Å². The summed E-state index contributed by atoms with van der Waals surface area (Å²) in [5, 5.41) is 5.27. The van der Waals surface area contributed by atoms with Gasteiger partial charge in [-0.3, -0.25) is 14.4 Å². The van der Waals surface area contributed by atoms with Gasteiger partial charge in [0.05, 0.1) is 6.54 Å². The fraction of sp³-hybridized carbons (Fsp3) is 0.0952. The number of hydrogen-bond donors (Lipinski definition) is 3. The monoisotopic (exact) mass is 376 g/mol. The molecule has 0 aliphatic heterocycles. The van der Waals surface area contributed by atoms with E-state index in [2.05, 4.69) is 10.6 Å². The van der Waals surface area contributed by atoms with E-state index in [1.807, 2.05) is 41.2 Å². The van der Waals surface area contributed by atoms with Crippen LogP contribution < -0.4 is 16.4 Å². The molecule has 0 saturated heterocycles. The molecule has 2 aromatic carbocycles. The predicted octanol–water partition coefficient (Wildman–Crippen LogP) is 1.62. The molecular weight excluding hydrogens is 356 g/mol. The molecule has 3 amide bonds. The Hall–Kier alpha value is -3.87. The first-order chi connectivity index (χ1) is 13.5. The highest BCUT2D eigenvalue weighted by Crippen LogP contribution is 2.10. The van der Waals surface area contributed by atoms with Gasteiger partial charge in [0.25, 0.3) is 11.8 Å². The van der Waals surface area contributed by atoms with Crippen LogP contribution in [0.5, 0.6) is 0 Å². The minimum Gasteiger partial charge on any atom is -0.368 e. The van der Waals surface area contributed by atoms with Crippen molar-refractivity contribution in [2.24, 2.45) is 5.73 Å². The number of nitrogens with one attached hydrogen (secondary N) is 2. The molecule has 0 aliphatic rings. The first kappa shape index (κ1) is 18.9. The van der Waals surface area contributed by atoms with Gasteiger partial charge in [0, 0.05) is 35.8 Å². The van der Waals surface area contributed by atoms with Gasteiger partial charge in [0.1, 0.15) is 0 Å². The summed E-state index contributed by atoms with van der Waals surface area (Å²) in [6.07, 6.45) is 3.87. The molecule has 0 aliphatic carbocycles. The van der Waals surface area contributed by atoms with Crippen LogP contribution >= 0.6 is 0 Å². The van der Waals surface area contributed by atoms with Crippen LogP contribution in [-0.2, 0) is 11.3 Å². The highest BCUT2D eigenvalue weighted by atomic mass is 16.2. The molecule has 7 nitrogen and oxygen atoms in total. The van der Waals surface area contributed by atoms with E-state index in [0.717, 1.165) is 11.3 Å². The van der Waals surface area contributed by atoms with Crippen molar-refractivity contribution >= 4 is 17.7 Å². The topological polar surface area (TPSA) is 106 Å². The molecule has 0 fully saturated rings. The van der Waals surface area contributed by atoms with E-state index in [1.165, 1.54) is 0 Å². The van der Waals surface area contributed by atoms with E-state index in [-0.39, 0.29) is 18.4 Å². The maximum atomic E-state index is 12.3. The Morgan fingerprint density at radius 3 is 1.89 bits per heavy atom. The Labute approximate surface area is 162 Å². The number of nitrogens with zero attached hydrogens (tertiary/aromatic N) is 1. The highest BCUT2D eigenvalue weighted by Gasteiger charge is 2.08. The number of carbonyl (C=O) groups excluding carboxylic acids is 3. The van der Waals surface area contributed by atoms with Crippen molar-refractivity contribution in [1.29, 1.82) is 0 Å². The Balaban J connectivity index is 1.54. The van der Waals surface area contributed by atoms with Crippen LogP contribution in [0.1, 0.15) is 26.3 Å². The summed E-state index contributed by atoms with van der Waals surface area (Å²) >= 11 is 0. The van der Waals surface area contributed by atoms with Gasteiger partial charge < -0.3 is 20.9 Å². The molecule has 3 aromatic rings. The van der Waals surface area contributed by atoms with Crippen LogP contribution in [0.25, 0.3) is 5.69 Å². The van der Waals surface area contributed by atoms with Gasteiger partial charge in [-0.05, 0) is 54.1 Å². The van der Waals surface area contributed by atoms with E-state index >= 15 is 0 Å². The first-order valence-corrected chi connectivity index (χ1v) is 8.70. The predicted molar refractivity (Wildman–Crippen MR) is 105 cm³/mol. The molecule has 3 rings (SSSR count). The van der Waals surface area contributed by atoms with Crippen molar-refractivity contribution in [1.82, 2.24) is 15.2 Å². The lowest BCUT2D eigenvalue weighted by Crippen LogP contribution is -2.33. The van der Waals surface area contributed by atoms with E-state index < -0.39 is 5.91 Å². The molecule has 28 heavy (non-hydrogen) atoms. The molecule has 4 N–H and O–H groups in total. The largest absolute Gasteiger partial charge is 0.368 e. The van der Waals surface area contributed by atoms with Crippen molar-refractivity contribution in [3.05, 3.63) is 89.7 Å². The van der Waals surface area contributed by atoms with Crippen molar-refractivity contribution < 1.29 is 14.4 Å². The zero-order valence-electron chi connectivity index (χ0n) is 15.1. The van der Waals surface area contributed by atoms with Crippen molar-refractivity contribution in [3.63, 3.8) is 0 Å². The molecular formula is C21H20N4O3. The quantitative estimate of drug-likeness (QED) is 0.583. The Bertz CT molecular complexity index is 962. The molecule has 0 unspecified atom stereocenters. The Kier molecular flexibility index (Phi) is 5.86. The average Bonchev–Trinajstić information content (AvgIpc) is 3.25. The number of amides is 3. The van der Waals surface area contributed by atoms with E-state index in [1.54, 1.807) is 36.4 Å². The van der Waals surface area contributed by atoms with Crippen LogP contribution in [0, 0.1) is 0 Å². The summed E-state index contributed by atoms with van der Waals surface area (Å²) in [5.74, 6) is -1.16. The standard InChI is InChI=1S/C21H20N4O3/c22-19(26)14-24-21(28)16-5-3-15(4-6-16)13-23-20(27)17-7-9-18(10-8-17)25-11-1-2-12-25/h1-12H,13-14H2,(H2,22,26)(H,23,27)(H,24,28). The van der Waals surface area contributed by atoms with Gasteiger partial charge in [-0.1, -0.05) is 12.1 Å². The van der Waals surface area contributed by atoms with Crippen LogP contribution in [0.15, 0.2) is 73.1 Å². The fourth-order valence-electron chi connectivity index (χ4n) is 2.62. The third kappa shape index (κ3) is 4.85. The second kappa shape index (κ2) is 8.68. The minimum absolute atomic E-state index is 0.178. The number of aromatic nitrogens is 1. The maximum Gasteiger partial charge on any atom is 0.251 e. The van der Waals surface area contributed by atoms with Crippen LogP contribution in [0.4, 0.5) is 0 Å². The third-order valence-corrected chi connectivity index (χ3v) is 4.12. The van der Waals surface area contributed by atoms with Gasteiger partial charge >= 0.3 is 0 Å². The number of nitrogens with two attached hydrogens (primary N) is 1. The van der Waals surface area contributed by atoms with Crippen molar-refractivity contribution in [2.45, 2.75) is 6.54 Å². The normalized spacial score (nSPS) is 10.3. The smallest absolute Gasteiger partial charge is 0.251 e. The molecule has 0 bridgehead atoms. The van der Waals surface area contributed by atoms with E-state index in [4.69, 9.17) is 5.73 Å². The molecule has 0 atom stereocenters. The number of carbonyl (C=O) groups is 3. The molecule has 0 spiro atoms. The Morgan fingerprint density at radius 2 is 1.32 bits per heavy atom. The summed E-state index contributed by atoms with van der Waals surface area (Å²) in [5.41, 5.74) is 7.81. The average molecular weight is 376 g/mol. The molecule has 0 saturated carbocycles. The van der Waals surface area contributed by atoms with Gasteiger partial charge in [-0.2, -0.15) is 0 Å². The second-order valence-electron chi connectivity index (χ2n) is 6.17. The van der Waals surface area contributed by atoms with E-state index in [0.29, 0.717) is 17.7 Å². The number of primary amides is 1. The second-order valence-corrected chi connectivity index (χ2v) is 6.17. The Morgan fingerprint density at radius 1 is 0.786 bits per heavy atom. The molecule has 7 heteroatoms. The van der Waals surface area contributed by atoms with Crippen molar-refractivity contribution in [2.75, 3.05) is 6.54 Å². The number of rotatable bonds is 7. The van der Waals surface area contributed by atoms with Gasteiger partial charge in [-0.25, -0.2) is 0 Å². The summed E-state index contributed by atoms with van der Waals surface area (Å²) in [4.78, 5) is 34.8. The highest BCUT2D eigenvalue weighted by molar-refractivity contribution is 5.96. The lowest BCUT2D eigenvalue weighted by atomic mass is 10.1. The van der Waals surface area contributed by atoms with Crippen LogP contribution in [0.2, 0.25) is 0 Å². The number of benzene rings is 2. The lowest BCUT2D eigenvalue weighted by molar-refractivity contribution is -0.117. The fourth-order valence-corrected chi connectivity index (χ4v) is 2.62. The molecule has 1 heterocycles. The molecule has 0 radical (unpaired) electrons. The summed E-state index contributed by atoms with van der Waals surface area (Å²) in [6, 6.07) is 17.9. The van der Waals surface area contributed by atoms with Gasteiger partial charge in [0.2, 0.25) is 5.91 Å². The van der Waals surface area contributed by atoms with Crippen molar-refractivity contribution in [3.8, 4) is 5.69 Å². The molecule has 1 aromatic heterocycles. The van der Waals surface area contributed by atoms with Crippen LogP contribution in [0.3, 0.4) is 0 Å². The summed E-state index contributed by atoms with van der Waals surface area (Å²) < 4.78 is 1.96. The first-order valence-electron chi connectivity index (χ1n) is 8.70. The zero-order chi connectivity index (χ0) is 19.9. The van der Waals surface area contributed by atoms with E-state index in [9.17, 15) is 14.4 Å². The van der Waals surface area contributed by atoms with Crippen LogP contribution in [-0.4, -0.2) is 28.8 Å². The number of hydrogen-bond acceptors (Lipinski definition) is 3. The summed E-state index contributed by atoms with van der Waals surface area (Å²) in [7, 11) is 0. The lowest BCUT2D eigenvalue weighted by Gasteiger charge is -2.08. The van der Waals surface area contributed by atoms with Gasteiger partial charge in [-0.15, -0.1) is 0 Å². The zero-order valence-corrected chi connectivity index (χ0v) is 15.1. The maximum absolute atomic E-state index is 12.3. The summed E-state index contributed by atoms with van der Waals surface area (Å²) in [6.45, 7) is 0.126. The molecule has 142 valence electrons. The minimum atomic E-state index is -0.603. The third-order valence-electron chi connectivity index (χ3n) is 4.12. The SMILES string of the molecule is NC(=O)CNC(=O)c1ccc(CNC(=O)c2ccc(-n3cccc3)cc2)cc1.